The van der Waals surface area contributed by atoms with Crippen molar-refractivity contribution in [2.75, 3.05) is 27.2 Å². The lowest BCUT2D eigenvalue weighted by atomic mass is 10.1. The number of hydrogen-bond donors (Lipinski definition) is 2. The number of nitrogens with zero attached hydrogens (tertiary/aromatic N) is 2. The molecule has 1 fully saturated rings. The van der Waals surface area contributed by atoms with Gasteiger partial charge in [0.1, 0.15) is 11.5 Å². The smallest absolute Gasteiger partial charge is 0.119 e. The highest BCUT2D eigenvalue weighted by Gasteiger charge is 2.33. The summed E-state index contributed by atoms with van der Waals surface area (Å²) in [6.07, 6.45) is 0. The zero-order valence-electron chi connectivity index (χ0n) is 12.2. The van der Waals surface area contributed by atoms with Crippen molar-refractivity contribution in [3.05, 3.63) is 23.8 Å². The molecular weight excluding hydrogens is 240 g/mol. The summed E-state index contributed by atoms with van der Waals surface area (Å²) < 4.78 is 0. The molecule has 2 rings (SSSR count). The number of benzene rings is 1. The van der Waals surface area contributed by atoms with Crippen LogP contribution in [0.1, 0.15) is 25.5 Å². The van der Waals surface area contributed by atoms with Crippen LogP contribution >= 0.6 is 0 Å². The van der Waals surface area contributed by atoms with E-state index >= 15 is 0 Å². The van der Waals surface area contributed by atoms with Gasteiger partial charge in [-0.2, -0.15) is 0 Å². The second-order valence-electron chi connectivity index (χ2n) is 5.92. The van der Waals surface area contributed by atoms with E-state index in [4.69, 9.17) is 0 Å². The highest BCUT2D eigenvalue weighted by molar-refractivity contribution is 5.38. The van der Waals surface area contributed by atoms with E-state index in [1.54, 1.807) is 12.1 Å². The Balaban J connectivity index is 2.14. The summed E-state index contributed by atoms with van der Waals surface area (Å²) in [4.78, 5) is 4.68. The molecule has 0 aromatic heterocycles. The minimum Gasteiger partial charge on any atom is -0.508 e. The van der Waals surface area contributed by atoms with Crippen molar-refractivity contribution in [1.82, 2.24) is 9.80 Å². The van der Waals surface area contributed by atoms with Gasteiger partial charge in [-0.3, -0.25) is 4.90 Å². The quantitative estimate of drug-likeness (QED) is 0.877. The summed E-state index contributed by atoms with van der Waals surface area (Å²) in [5.74, 6) is 0.875. The van der Waals surface area contributed by atoms with Crippen LogP contribution in [-0.2, 0) is 0 Å². The molecule has 1 aromatic rings. The number of likely N-dealkylation sites (tertiary alicyclic amines) is 1. The normalized spacial score (nSPS) is 25.9. The molecule has 0 aliphatic carbocycles. The van der Waals surface area contributed by atoms with Gasteiger partial charge in [-0.25, -0.2) is 0 Å². The Labute approximate surface area is 115 Å². The van der Waals surface area contributed by atoms with Gasteiger partial charge in [0.05, 0.1) is 0 Å². The van der Waals surface area contributed by atoms with E-state index in [0.29, 0.717) is 12.0 Å². The molecule has 19 heavy (non-hydrogen) atoms. The van der Waals surface area contributed by atoms with E-state index in [1.807, 2.05) is 0 Å². The highest BCUT2D eigenvalue weighted by Crippen LogP contribution is 2.32. The van der Waals surface area contributed by atoms with Crippen LogP contribution in [0.25, 0.3) is 0 Å². The summed E-state index contributed by atoms with van der Waals surface area (Å²) in [6, 6.07) is 5.60. The third-order valence-corrected chi connectivity index (χ3v) is 4.22. The molecule has 4 heteroatoms. The molecule has 1 saturated heterocycles. The molecule has 3 atom stereocenters. The van der Waals surface area contributed by atoms with Crippen molar-refractivity contribution in [1.29, 1.82) is 0 Å². The predicted molar refractivity (Wildman–Crippen MR) is 76.4 cm³/mol. The molecular formula is C15H24N2O2. The summed E-state index contributed by atoms with van der Waals surface area (Å²) in [6.45, 7) is 6.46. The van der Waals surface area contributed by atoms with Gasteiger partial charge in [0, 0.05) is 31.2 Å². The van der Waals surface area contributed by atoms with Crippen molar-refractivity contribution in [2.45, 2.75) is 25.9 Å². The lowest BCUT2D eigenvalue weighted by molar-refractivity contribution is 0.226. The maximum atomic E-state index is 9.59. The Kier molecular flexibility index (Phi) is 4.02. The van der Waals surface area contributed by atoms with E-state index in [-0.39, 0.29) is 17.5 Å². The first-order chi connectivity index (χ1) is 8.88. The Bertz CT molecular complexity index is 428. The average molecular weight is 264 g/mol. The Morgan fingerprint density at radius 1 is 1.16 bits per heavy atom. The van der Waals surface area contributed by atoms with Crippen LogP contribution in [0, 0.1) is 5.92 Å². The van der Waals surface area contributed by atoms with E-state index < -0.39 is 0 Å². The summed E-state index contributed by atoms with van der Waals surface area (Å²) in [5.41, 5.74) is 0.962. The second-order valence-corrected chi connectivity index (χ2v) is 5.92. The molecule has 0 saturated carbocycles. The number of aromatic hydroxyl groups is 2. The van der Waals surface area contributed by atoms with Crippen molar-refractivity contribution in [3.63, 3.8) is 0 Å². The molecule has 0 radical (unpaired) electrons. The third-order valence-electron chi connectivity index (χ3n) is 4.22. The van der Waals surface area contributed by atoms with Crippen LogP contribution in [0.5, 0.6) is 11.5 Å². The average Bonchev–Trinajstić information content (AvgIpc) is 2.69. The first-order valence-electron chi connectivity index (χ1n) is 6.82. The van der Waals surface area contributed by atoms with Gasteiger partial charge in [-0.15, -0.1) is 0 Å². The molecule has 106 valence electrons. The van der Waals surface area contributed by atoms with E-state index in [2.05, 4.69) is 37.7 Å². The van der Waals surface area contributed by atoms with Gasteiger partial charge in [0.2, 0.25) is 0 Å². The van der Waals surface area contributed by atoms with Crippen molar-refractivity contribution in [2.24, 2.45) is 5.92 Å². The fourth-order valence-corrected chi connectivity index (χ4v) is 3.04. The molecule has 1 heterocycles. The molecule has 1 aliphatic heterocycles. The maximum absolute atomic E-state index is 9.59. The largest absolute Gasteiger partial charge is 0.508 e. The van der Waals surface area contributed by atoms with Crippen LogP contribution in [0.3, 0.4) is 0 Å². The van der Waals surface area contributed by atoms with Gasteiger partial charge < -0.3 is 15.1 Å². The molecule has 1 aliphatic rings. The maximum Gasteiger partial charge on any atom is 0.119 e. The van der Waals surface area contributed by atoms with Gasteiger partial charge in [-0.05, 0) is 44.6 Å². The predicted octanol–water partition coefficient (Wildman–Crippen LogP) is 2.04. The number of phenols is 2. The topological polar surface area (TPSA) is 46.9 Å². The lowest BCUT2D eigenvalue weighted by Crippen LogP contribution is -2.34. The van der Waals surface area contributed by atoms with E-state index in [9.17, 15) is 10.2 Å². The summed E-state index contributed by atoms with van der Waals surface area (Å²) in [5, 5.41) is 19.2. The Hall–Kier alpha value is -1.26. The van der Waals surface area contributed by atoms with Gasteiger partial charge in [0.25, 0.3) is 0 Å². The zero-order chi connectivity index (χ0) is 14.2. The van der Waals surface area contributed by atoms with Crippen LogP contribution in [0.4, 0.5) is 0 Å². The van der Waals surface area contributed by atoms with Crippen LogP contribution in [0.2, 0.25) is 0 Å². The molecule has 1 aromatic carbocycles. The van der Waals surface area contributed by atoms with E-state index in [1.165, 1.54) is 6.07 Å². The first kappa shape index (κ1) is 14.2. The SMILES string of the molecule is CC1CN(C(C)c2cc(O)cc(O)c2)CC1N(C)C. The monoisotopic (exact) mass is 264 g/mol. The van der Waals surface area contributed by atoms with Crippen LogP contribution < -0.4 is 0 Å². The molecule has 3 unspecified atom stereocenters. The molecule has 0 spiro atoms. The Morgan fingerprint density at radius 3 is 2.21 bits per heavy atom. The molecule has 2 N–H and O–H groups in total. The second kappa shape index (κ2) is 5.39. The van der Waals surface area contributed by atoms with Crippen molar-refractivity contribution < 1.29 is 10.2 Å². The fraction of sp³-hybridized carbons (Fsp3) is 0.600. The summed E-state index contributed by atoms with van der Waals surface area (Å²) in [7, 11) is 4.24. The standard InChI is InChI=1S/C15H24N2O2/c1-10-8-17(9-15(10)16(3)4)11(2)12-5-13(18)7-14(19)6-12/h5-7,10-11,15,18-19H,8-9H2,1-4H3. The number of rotatable bonds is 3. The molecule has 4 nitrogen and oxygen atoms in total. The van der Waals surface area contributed by atoms with E-state index in [0.717, 1.165) is 18.7 Å². The number of likely N-dealkylation sites (N-methyl/N-ethyl adjacent to an activating group) is 1. The highest BCUT2D eigenvalue weighted by atomic mass is 16.3. The Morgan fingerprint density at radius 2 is 1.74 bits per heavy atom. The van der Waals surface area contributed by atoms with Crippen molar-refractivity contribution >= 4 is 0 Å². The lowest BCUT2D eigenvalue weighted by Gasteiger charge is -2.26. The van der Waals surface area contributed by atoms with Gasteiger partial charge in [-0.1, -0.05) is 6.92 Å². The molecule has 0 amide bonds. The van der Waals surface area contributed by atoms with Crippen molar-refractivity contribution in [3.8, 4) is 11.5 Å². The first-order valence-corrected chi connectivity index (χ1v) is 6.82. The zero-order valence-corrected chi connectivity index (χ0v) is 12.2. The minimum absolute atomic E-state index is 0.123. The van der Waals surface area contributed by atoms with Crippen LogP contribution in [-0.4, -0.2) is 53.2 Å². The fourth-order valence-electron chi connectivity index (χ4n) is 3.04. The minimum atomic E-state index is 0.123. The summed E-state index contributed by atoms with van der Waals surface area (Å²) >= 11 is 0. The third kappa shape index (κ3) is 3.01. The molecule has 0 bridgehead atoms. The van der Waals surface area contributed by atoms with Gasteiger partial charge in [0.15, 0.2) is 0 Å². The van der Waals surface area contributed by atoms with Gasteiger partial charge >= 0.3 is 0 Å². The van der Waals surface area contributed by atoms with Crippen LogP contribution in [0.15, 0.2) is 18.2 Å². The number of phenolic OH excluding ortho intramolecular Hbond substituents is 2. The number of hydrogen-bond acceptors (Lipinski definition) is 4.